The summed E-state index contributed by atoms with van der Waals surface area (Å²) in [5.74, 6) is 0.101. The Hall–Kier alpha value is -3.12. The van der Waals surface area contributed by atoms with E-state index in [1.54, 1.807) is 10.6 Å². The highest BCUT2D eigenvalue weighted by molar-refractivity contribution is 7.99. The first-order valence-electron chi connectivity index (χ1n) is 10.9. The summed E-state index contributed by atoms with van der Waals surface area (Å²) in [5, 5.41) is 6.57. The van der Waals surface area contributed by atoms with E-state index < -0.39 is 0 Å². The largest absolute Gasteiger partial charge is 0.349 e. The van der Waals surface area contributed by atoms with Gasteiger partial charge >= 0.3 is 0 Å². The molecule has 1 heterocycles. The van der Waals surface area contributed by atoms with Gasteiger partial charge < -0.3 is 5.32 Å². The number of para-hydroxylation sites is 1. The molecule has 4 aromatic rings. The highest BCUT2D eigenvalue weighted by Crippen LogP contribution is 2.25. The molecule has 0 aliphatic heterocycles. The third kappa shape index (κ3) is 4.41. The van der Waals surface area contributed by atoms with Crippen molar-refractivity contribution in [2.24, 2.45) is 0 Å². The van der Waals surface area contributed by atoms with Crippen LogP contribution in [0.15, 0.2) is 76.7 Å². The second kappa shape index (κ2) is 9.57. The van der Waals surface area contributed by atoms with Crippen LogP contribution in [0.25, 0.3) is 21.7 Å². The first-order valence-corrected chi connectivity index (χ1v) is 11.9. The van der Waals surface area contributed by atoms with Crippen LogP contribution in [0.4, 0.5) is 0 Å². The predicted molar refractivity (Wildman–Crippen MR) is 132 cm³/mol. The maximum atomic E-state index is 13.1. The number of carbonyl (C=O) groups excluding carboxylic acids is 1. The molecule has 0 radical (unpaired) electrons. The van der Waals surface area contributed by atoms with Crippen molar-refractivity contribution in [1.82, 2.24) is 14.9 Å². The van der Waals surface area contributed by atoms with E-state index in [1.165, 1.54) is 11.8 Å². The summed E-state index contributed by atoms with van der Waals surface area (Å²) in [5.41, 5.74) is 1.68. The fourth-order valence-corrected chi connectivity index (χ4v) is 4.83. The quantitative estimate of drug-likeness (QED) is 0.302. The molecule has 2 unspecified atom stereocenters. The van der Waals surface area contributed by atoms with Gasteiger partial charge in [-0.25, -0.2) is 4.98 Å². The van der Waals surface area contributed by atoms with Gasteiger partial charge in [0.15, 0.2) is 5.16 Å². The number of rotatable bonds is 7. The summed E-state index contributed by atoms with van der Waals surface area (Å²) < 4.78 is 1.72. The lowest BCUT2D eigenvalue weighted by Gasteiger charge is -2.19. The fourth-order valence-electron chi connectivity index (χ4n) is 3.92. The van der Waals surface area contributed by atoms with Crippen LogP contribution in [0.5, 0.6) is 0 Å². The van der Waals surface area contributed by atoms with Gasteiger partial charge in [-0.1, -0.05) is 73.3 Å². The number of nitrogens with one attached hydrogen (secondary N) is 1. The van der Waals surface area contributed by atoms with E-state index >= 15 is 0 Å². The van der Waals surface area contributed by atoms with Crippen LogP contribution in [-0.2, 0) is 4.79 Å². The Balaban J connectivity index is 1.54. The Morgan fingerprint density at radius 3 is 2.47 bits per heavy atom. The summed E-state index contributed by atoms with van der Waals surface area (Å²) >= 11 is 1.31. The molecule has 2 atom stereocenters. The van der Waals surface area contributed by atoms with Gasteiger partial charge in [-0.3, -0.25) is 14.2 Å². The number of hydrogen-bond donors (Lipinski definition) is 1. The van der Waals surface area contributed by atoms with Crippen molar-refractivity contribution in [3.8, 4) is 0 Å². The first-order chi connectivity index (χ1) is 15.5. The molecule has 0 saturated heterocycles. The Bertz CT molecular complexity index is 1330. The fraction of sp³-hybridized carbons (Fsp3) is 0.269. The van der Waals surface area contributed by atoms with Crippen LogP contribution in [0.3, 0.4) is 0 Å². The molecule has 3 aromatic carbocycles. The molecule has 1 N–H and O–H groups in total. The summed E-state index contributed by atoms with van der Waals surface area (Å²) in [7, 11) is 0. The van der Waals surface area contributed by atoms with E-state index in [1.807, 2.05) is 63.2 Å². The van der Waals surface area contributed by atoms with Crippen LogP contribution in [-0.4, -0.2) is 21.2 Å². The monoisotopic (exact) mass is 445 g/mol. The van der Waals surface area contributed by atoms with Crippen LogP contribution in [0, 0.1) is 0 Å². The van der Waals surface area contributed by atoms with Crippen molar-refractivity contribution in [3.05, 3.63) is 82.6 Å². The number of nitrogens with zero attached hydrogens (tertiary/aromatic N) is 2. The summed E-state index contributed by atoms with van der Waals surface area (Å²) in [6.45, 7) is 6.04. The van der Waals surface area contributed by atoms with E-state index in [9.17, 15) is 9.59 Å². The molecule has 164 valence electrons. The van der Waals surface area contributed by atoms with E-state index in [2.05, 4.69) is 23.5 Å². The normalized spacial score (nSPS) is 13.2. The van der Waals surface area contributed by atoms with E-state index in [0.717, 1.165) is 22.8 Å². The standard InChI is InChI=1S/C26H27N3O2S/c1-4-17(2)29-25(31)22-13-7-8-15-23(22)28-26(29)32-16-24(30)27-18(3)20-14-9-11-19-10-5-6-12-21(19)20/h5-15,17-18H,4,16H2,1-3H3,(H,27,30). The molecule has 0 aliphatic rings. The summed E-state index contributed by atoms with van der Waals surface area (Å²) in [6.07, 6.45) is 0.803. The van der Waals surface area contributed by atoms with Gasteiger partial charge in [-0.2, -0.15) is 0 Å². The molecule has 0 spiro atoms. The number of aromatic nitrogens is 2. The predicted octanol–water partition coefficient (Wildman–Crippen LogP) is 5.49. The van der Waals surface area contributed by atoms with E-state index in [4.69, 9.17) is 4.98 Å². The zero-order chi connectivity index (χ0) is 22.7. The van der Waals surface area contributed by atoms with Gasteiger partial charge in [0, 0.05) is 6.04 Å². The van der Waals surface area contributed by atoms with Crippen LogP contribution >= 0.6 is 11.8 Å². The molecule has 0 aliphatic carbocycles. The lowest BCUT2D eigenvalue weighted by molar-refractivity contribution is -0.119. The smallest absolute Gasteiger partial charge is 0.262 e. The third-order valence-electron chi connectivity index (χ3n) is 5.81. The summed E-state index contributed by atoms with van der Waals surface area (Å²) in [6, 6.07) is 21.5. The topological polar surface area (TPSA) is 64.0 Å². The number of fused-ring (bicyclic) bond motifs is 2. The molecular weight excluding hydrogens is 418 g/mol. The Morgan fingerprint density at radius 1 is 1.00 bits per heavy atom. The second-order valence-electron chi connectivity index (χ2n) is 7.99. The van der Waals surface area contributed by atoms with Crippen molar-refractivity contribution in [2.75, 3.05) is 5.75 Å². The van der Waals surface area contributed by atoms with E-state index in [-0.39, 0.29) is 29.3 Å². The average molecular weight is 446 g/mol. The first kappa shape index (κ1) is 22.1. The van der Waals surface area contributed by atoms with Crippen LogP contribution < -0.4 is 10.9 Å². The minimum absolute atomic E-state index is 0.000209. The Labute approximate surface area is 191 Å². The molecule has 1 amide bonds. The number of hydrogen-bond acceptors (Lipinski definition) is 4. The van der Waals surface area contributed by atoms with Crippen molar-refractivity contribution in [3.63, 3.8) is 0 Å². The number of thioether (sulfide) groups is 1. The lowest BCUT2D eigenvalue weighted by atomic mass is 10.00. The van der Waals surface area contributed by atoms with Crippen LogP contribution in [0.2, 0.25) is 0 Å². The maximum Gasteiger partial charge on any atom is 0.262 e. The van der Waals surface area contributed by atoms with Gasteiger partial charge in [0.1, 0.15) is 0 Å². The Morgan fingerprint density at radius 2 is 1.69 bits per heavy atom. The second-order valence-corrected chi connectivity index (χ2v) is 8.93. The van der Waals surface area contributed by atoms with Gasteiger partial charge in [-0.05, 0) is 48.7 Å². The van der Waals surface area contributed by atoms with Gasteiger partial charge in [0.25, 0.3) is 5.56 Å². The number of amides is 1. The molecule has 5 nitrogen and oxygen atoms in total. The minimum atomic E-state index is -0.129. The lowest BCUT2D eigenvalue weighted by Crippen LogP contribution is -2.30. The van der Waals surface area contributed by atoms with Crippen molar-refractivity contribution < 1.29 is 4.79 Å². The van der Waals surface area contributed by atoms with Crippen molar-refractivity contribution in [1.29, 1.82) is 0 Å². The molecule has 6 heteroatoms. The molecule has 32 heavy (non-hydrogen) atoms. The van der Waals surface area contributed by atoms with Gasteiger partial charge in [0.2, 0.25) is 5.91 Å². The molecule has 0 fully saturated rings. The number of carbonyl (C=O) groups is 1. The van der Waals surface area contributed by atoms with Gasteiger partial charge in [0.05, 0.1) is 22.7 Å². The van der Waals surface area contributed by atoms with Gasteiger partial charge in [-0.15, -0.1) is 0 Å². The van der Waals surface area contributed by atoms with E-state index in [0.29, 0.717) is 16.1 Å². The zero-order valence-corrected chi connectivity index (χ0v) is 19.4. The number of benzene rings is 3. The molecule has 0 saturated carbocycles. The minimum Gasteiger partial charge on any atom is -0.349 e. The summed E-state index contributed by atoms with van der Waals surface area (Å²) in [4.78, 5) is 30.6. The van der Waals surface area contributed by atoms with Crippen LogP contribution in [0.1, 0.15) is 44.8 Å². The van der Waals surface area contributed by atoms with Crippen molar-refractivity contribution >= 4 is 39.3 Å². The zero-order valence-electron chi connectivity index (χ0n) is 18.5. The molecule has 0 bridgehead atoms. The third-order valence-corrected chi connectivity index (χ3v) is 6.76. The highest BCUT2D eigenvalue weighted by atomic mass is 32.2. The molecule has 4 rings (SSSR count). The Kier molecular flexibility index (Phi) is 6.61. The maximum absolute atomic E-state index is 13.1. The molecule has 1 aromatic heterocycles. The highest BCUT2D eigenvalue weighted by Gasteiger charge is 2.18. The average Bonchev–Trinajstić information content (AvgIpc) is 2.82. The molecular formula is C26H27N3O2S. The SMILES string of the molecule is CCC(C)n1c(SCC(=O)NC(C)c2cccc3ccccc23)nc2ccccc2c1=O. The van der Waals surface area contributed by atoms with Crippen molar-refractivity contribution in [2.45, 2.75) is 44.4 Å².